The van der Waals surface area contributed by atoms with Crippen LogP contribution in [0, 0.1) is 0 Å². The number of nitrogens with zero attached hydrogens (tertiary/aromatic N) is 3. The molecule has 0 bridgehead atoms. The Bertz CT molecular complexity index is 486. The van der Waals surface area contributed by atoms with Crippen LogP contribution in [-0.4, -0.2) is 53.1 Å². The molecular weight excluding hydrogens is 268 g/mol. The van der Waals surface area contributed by atoms with Crippen LogP contribution in [-0.2, 0) is 4.74 Å². The number of rotatable bonds is 4. The molecule has 21 heavy (non-hydrogen) atoms. The summed E-state index contributed by atoms with van der Waals surface area (Å²) in [5.74, 6) is 0.396. The highest BCUT2D eigenvalue weighted by Gasteiger charge is 2.36. The van der Waals surface area contributed by atoms with Crippen molar-refractivity contribution in [2.24, 2.45) is 0 Å². The fraction of sp³-hybridized carbons (Fsp3) is 0.733. The summed E-state index contributed by atoms with van der Waals surface area (Å²) in [6, 6.07) is 2.31. The summed E-state index contributed by atoms with van der Waals surface area (Å²) < 4.78 is 7.42. The first-order valence-corrected chi connectivity index (χ1v) is 7.47. The fourth-order valence-corrected chi connectivity index (χ4v) is 2.52. The van der Waals surface area contributed by atoms with Crippen LogP contribution in [0.15, 0.2) is 12.3 Å². The number of aromatic nitrogens is 2. The Labute approximate surface area is 126 Å². The second kappa shape index (κ2) is 6.05. The van der Waals surface area contributed by atoms with Crippen LogP contribution >= 0.6 is 0 Å². The van der Waals surface area contributed by atoms with Crippen LogP contribution in [0.25, 0.3) is 0 Å². The minimum atomic E-state index is -0.444. The second-order valence-corrected chi connectivity index (χ2v) is 6.70. The molecule has 0 aromatic carbocycles. The molecule has 1 saturated heterocycles. The lowest BCUT2D eigenvalue weighted by atomic mass is 10.1. The molecular formula is C15H26N4O2. The number of carbonyl (C=O) groups is 1. The van der Waals surface area contributed by atoms with Gasteiger partial charge in [0, 0.05) is 37.4 Å². The molecule has 0 aliphatic carbocycles. The van der Waals surface area contributed by atoms with Gasteiger partial charge in [-0.1, -0.05) is 6.92 Å². The minimum absolute atomic E-state index is 0.240. The number of ether oxygens (including phenoxy) is 1. The summed E-state index contributed by atoms with van der Waals surface area (Å²) in [6.45, 7) is 10.1. The summed E-state index contributed by atoms with van der Waals surface area (Å²) in [4.78, 5) is 13.7. The number of likely N-dealkylation sites (tertiary alicyclic amines) is 1. The summed E-state index contributed by atoms with van der Waals surface area (Å²) in [7, 11) is 1.95. The Hall–Kier alpha value is -1.56. The van der Waals surface area contributed by atoms with Gasteiger partial charge in [0.1, 0.15) is 5.60 Å². The van der Waals surface area contributed by atoms with Crippen molar-refractivity contribution in [2.45, 2.75) is 45.3 Å². The Kier molecular flexibility index (Phi) is 4.56. The van der Waals surface area contributed by atoms with E-state index in [-0.39, 0.29) is 12.1 Å². The fourth-order valence-electron chi connectivity index (χ4n) is 2.52. The lowest BCUT2D eigenvalue weighted by Crippen LogP contribution is -2.52. The maximum atomic E-state index is 11.9. The summed E-state index contributed by atoms with van der Waals surface area (Å²) in [5.41, 5.74) is 0.763. The molecule has 118 valence electrons. The maximum absolute atomic E-state index is 11.9. The minimum Gasteiger partial charge on any atom is -0.444 e. The first kappa shape index (κ1) is 15.8. The van der Waals surface area contributed by atoms with Gasteiger partial charge in [0.25, 0.3) is 0 Å². The van der Waals surface area contributed by atoms with E-state index in [1.807, 2.05) is 38.7 Å². The van der Waals surface area contributed by atoms with Gasteiger partial charge in [-0.3, -0.25) is 4.68 Å². The largest absolute Gasteiger partial charge is 0.444 e. The van der Waals surface area contributed by atoms with Crippen molar-refractivity contribution in [3.63, 3.8) is 0 Å². The van der Waals surface area contributed by atoms with Crippen LogP contribution < -0.4 is 5.32 Å². The third-order valence-electron chi connectivity index (χ3n) is 3.58. The molecule has 0 spiro atoms. The highest BCUT2D eigenvalue weighted by Crippen LogP contribution is 2.26. The van der Waals surface area contributed by atoms with Crippen molar-refractivity contribution in [1.29, 1.82) is 0 Å². The Morgan fingerprint density at radius 1 is 1.52 bits per heavy atom. The molecule has 1 atom stereocenters. The third-order valence-corrected chi connectivity index (χ3v) is 3.58. The first-order valence-electron chi connectivity index (χ1n) is 7.47. The van der Waals surface area contributed by atoms with Crippen molar-refractivity contribution in [1.82, 2.24) is 20.0 Å². The topological polar surface area (TPSA) is 59.4 Å². The van der Waals surface area contributed by atoms with Gasteiger partial charge in [0.2, 0.25) is 0 Å². The Morgan fingerprint density at radius 2 is 2.19 bits per heavy atom. The molecule has 0 radical (unpaired) electrons. The molecule has 1 aromatic heterocycles. The van der Waals surface area contributed by atoms with E-state index in [0.29, 0.717) is 19.0 Å². The SMILES string of the molecule is CNCC(C)c1ccnn1C1CN(C(=O)OC(C)(C)C)C1. The van der Waals surface area contributed by atoms with Crippen molar-refractivity contribution < 1.29 is 9.53 Å². The molecule has 1 aromatic rings. The van der Waals surface area contributed by atoms with Crippen molar-refractivity contribution >= 4 is 6.09 Å². The zero-order valence-electron chi connectivity index (χ0n) is 13.6. The molecule has 1 aliphatic heterocycles. The van der Waals surface area contributed by atoms with E-state index >= 15 is 0 Å². The average Bonchev–Trinajstić information content (AvgIpc) is 2.73. The van der Waals surface area contributed by atoms with E-state index in [0.717, 1.165) is 6.54 Å². The normalized spacial score (nSPS) is 17.5. The van der Waals surface area contributed by atoms with Crippen LogP contribution in [0.5, 0.6) is 0 Å². The molecule has 1 N–H and O–H groups in total. The van der Waals surface area contributed by atoms with E-state index in [2.05, 4.69) is 23.4 Å². The van der Waals surface area contributed by atoms with E-state index in [9.17, 15) is 4.79 Å². The van der Waals surface area contributed by atoms with Crippen LogP contribution in [0.2, 0.25) is 0 Å². The number of amides is 1. The summed E-state index contributed by atoms with van der Waals surface area (Å²) >= 11 is 0. The number of likely N-dealkylation sites (N-methyl/N-ethyl adjacent to an activating group) is 1. The smallest absolute Gasteiger partial charge is 0.410 e. The van der Waals surface area contributed by atoms with E-state index in [1.165, 1.54) is 5.69 Å². The van der Waals surface area contributed by atoms with Crippen LogP contribution in [0.3, 0.4) is 0 Å². The highest BCUT2D eigenvalue weighted by molar-refractivity contribution is 5.69. The zero-order valence-corrected chi connectivity index (χ0v) is 13.6. The van der Waals surface area contributed by atoms with Gasteiger partial charge in [-0.2, -0.15) is 5.10 Å². The predicted octanol–water partition coefficient (Wildman–Crippen LogP) is 2.00. The van der Waals surface area contributed by atoms with Gasteiger partial charge in [0.15, 0.2) is 0 Å². The molecule has 0 saturated carbocycles. The zero-order chi connectivity index (χ0) is 15.6. The molecule has 2 rings (SSSR count). The van der Waals surface area contributed by atoms with Gasteiger partial charge >= 0.3 is 6.09 Å². The highest BCUT2D eigenvalue weighted by atomic mass is 16.6. The van der Waals surface area contributed by atoms with Crippen molar-refractivity contribution in [2.75, 3.05) is 26.7 Å². The molecule has 2 heterocycles. The van der Waals surface area contributed by atoms with Gasteiger partial charge < -0.3 is 15.0 Å². The maximum Gasteiger partial charge on any atom is 0.410 e. The second-order valence-electron chi connectivity index (χ2n) is 6.70. The Balaban J connectivity index is 1.93. The molecule has 6 heteroatoms. The van der Waals surface area contributed by atoms with Gasteiger partial charge in [0.05, 0.1) is 6.04 Å². The molecule has 1 unspecified atom stereocenters. The number of hydrogen-bond donors (Lipinski definition) is 1. The number of carbonyl (C=O) groups excluding carboxylic acids is 1. The quantitative estimate of drug-likeness (QED) is 0.922. The van der Waals surface area contributed by atoms with Crippen molar-refractivity contribution in [3.8, 4) is 0 Å². The summed E-state index contributed by atoms with van der Waals surface area (Å²) in [6.07, 6.45) is 1.59. The van der Waals surface area contributed by atoms with E-state index < -0.39 is 5.60 Å². The Morgan fingerprint density at radius 3 is 2.76 bits per heavy atom. The molecule has 1 aliphatic rings. The average molecular weight is 294 g/mol. The van der Waals surface area contributed by atoms with Crippen LogP contribution in [0.1, 0.15) is 45.3 Å². The molecule has 1 fully saturated rings. The molecule has 6 nitrogen and oxygen atoms in total. The van der Waals surface area contributed by atoms with E-state index in [4.69, 9.17) is 4.74 Å². The van der Waals surface area contributed by atoms with Crippen molar-refractivity contribution in [3.05, 3.63) is 18.0 Å². The first-order chi connectivity index (χ1) is 9.81. The van der Waals surface area contributed by atoms with Gasteiger partial charge in [-0.05, 0) is 33.9 Å². The van der Waals surface area contributed by atoms with Gasteiger partial charge in [-0.25, -0.2) is 4.79 Å². The standard InChI is InChI=1S/C15H26N4O2/c1-11(8-16-5)13-6-7-17-19(13)12-9-18(10-12)14(20)21-15(2,3)4/h6-7,11-12,16H,8-10H2,1-5H3. The third kappa shape index (κ3) is 3.75. The number of hydrogen-bond acceptors (Lipinski definition) is 4. The number of nitrogens with one attached hydrogen (secondary N) is 1. The lowest BCUT2D eigenvalue weighted by molar-refractivity contribution is -0.000850. The van der Waals surface area contributed by atoms with E-state index in [1.54, 1.807) is 4.90 Å². The lowest BCUT2D eigenvalue weighted by Gasteiger charge is -2.40. The predicted molar refractivity (Wildman–Crippen MR) is 81.4 cm³/mol. The molecule has 1 amide bonds. The van der Waals surface area contributed by atoms with Crippen LogP contribution in [0.4, 0.5) is 4.79 Å². The monoisotopic (exact) mass is 294 g/mol. The summed E-state index contributed by atoms with van der Waals surface area (Å²) in [5, 5.41) is 7.61. The van der Waals surface area contributed by atoms with Gasteiger partial charge in [-0.15, -0.1) is 0 Å².